The zero-order valence-electron chi connectivity index (χ0n) is 16.3. The van der Waals surface area contributed by atoms with E-state index >= 15 is 0 Å². The minimum Gasteiger partial charge on any atom is -0.483 e. The minimum atomic E-state index is -4.86. The Kier molecular flexibility index (Phi) is 5.34. The number of alkyl halides is 3. The largest absolute Gasteiger partial charge is 0.483 e. The first-order valence-electron chi connectivity index (χ1n) is 9.07. The number of nitrogens with zero attached hydrogens (tertiary/aromatic N) is 4. The topological polar surface area (TPSA) is 117 Å². The quantitative estimate of drug-likeness (QED) is 0.293. The second-order valence-corrected chi connectivity index (χ2v) is 6.55. The Labute approximate surface area is 177 Å². The molecule has 0 amide bonds. The molecule has 0 aliphatic rings. The highest BCUT2D eigenvalue weighted by atomic mass is 19.4. The maximum atomic E-state index is 13.3. The first-order valence-corrected chi connectivity index (χ1v) is 9.07. The van der Waals surface area contributed by atoms with E-state index in [4.69, 9.17) is 13.7 Å². The predicted octanol–water partition coefficient (Wildman–Crippen LogP) is 5.21. The molecule has 0 radical (unpaired) electrons. The van der Waals surface area contributed by atoms with Crippen LogP contribution >= 0.6 is 0 Å². The van der Waals surface area contributed by atoms with Crippen LogP contribution in [0.2, 0.25) is 0 Å². The summed E-state index contributed by atoms with van der Waals surface area (Å²) in [5.41, 5.74) is -0.333. The number of hydrogen-bond donors (Lipinski definition) is 0. The van der Waals surface area contributed by atoms with Gasteiger partial charge in [-0.25, -0.2) is 0 Å². The van der Waals surface area contributed by atoms with Crippen LogP contribution in [0, 0.1) is 17.0 Å². The Balaban J connectivity index is 1.59. The van der Waals surface area contributed by atoms with Crippen molar-refractivity contribution >= 4 is 5.69 Å². The highest BCUT2D eigenvalue weighted by Crippen LogP contribution is 2.39. The van der Waals surface area contributed by atoms with Crippen LogP contribution in [-0.2, 0) is 12.8 Å². The van der Waals surface area contributed by atoms with Gasteiger partial charge in [-0.15, -0.1) is 10.2 Å². The van der Waals surface area contributed by atoms with Gasteiger partial charge in [0.1, 0.15) is 28.3 Å². The maximum Gasteiger partial charge on any atom is 0.420 e. The van der Waals surface area contributed by atoms with Gasteiger partial charge in [0.2, 0.25) is 0 Å². The first-order chi connectivity index (χ1) is 15.2. The predicted molar refractivity (Wildman–Crippen MR) is 102 cm³/mol. The van der Waals surface area contributed by atoms with Gasteiger partial charge in [0, 0.05) is 17.7 Å². The highest BCUT2D eigenvalue weighted by molar-refractivity contribution is 5.77. The van der Waals surface area contributed by atoms with Crippen molar-refractivity contribution in [2.45, 2.75) is 19.7 Å². The fraction of sp³-hybridized carbons (Fsp3) is 0.150. The van der Waals surface area contributed by atoms with E-state index in [2.05, 4.69) is 15.4 Å². The number of nitro groups is 1. The molecule has 9 nitrogen and oxygen atoms in total. The van der Waals surface area contributed by atoms with Gasteiger partial charge in [-0.1, -0.05) is 35.5 Å². The lowest BCUT2D eigenvalue weighted by Gasteiger charge is -2.12. The van der Waals surface area contributed by atoms with Crippen molar-refractivity contribution in [3.05, 3.63) is 75.9 Å². The van der Waals surface area contributed by atoms with Crippen molar-refractivity contribution in [3.63, 3.8) is 0 Å². The van der Waals surface area contributed by atoms with E-state index in [0.29, 0.717) is 23.1 Å². The van der Waals surface area contributed by atoms with Gasteiger partial charge in [0.05, 0.1) is 4.92 Å². The van der Waals surface area contributed by atoms with Gasteiger partial charge in [-0.3, -0.25) is 10.1 Å². The van der Waals surface area contributed by atoms with Crippen molar-refractivity contribution in [3.8, 4) is 28.5 Å². The van der Waals surface area contributed by atoms with Crippen LogP contribution < -0.4 is 4.74 Å². The number of nitro benzene ring substituents is 1. The summed E-state index contributed by atoms with van der Waals surface area (Å²) in [5.74, 6) is -0.240. The molecular weight excluding hydrogens is 433 g/mol. The molecule has 0 aliphatic heterocycles. The summed E-state index contributed by atoms with van der Waals surface area (Å²) in [6, 6.07) is 11.3. The smallest absolute Gasteiger partial charge is 0.420 e. The molecule has 0 atom stereocenters. The summed E-state index contributed by atoms with van der Waals surface area (Å²) in [6.07, 6.45) is -4.86. The molecule has 0 fully saturated rings. The van der Waals surface area contributed by atoms with Gasteiger partial charge in [0.15, 0.2) is 6.61 Å². The Morgan fingerprint density at radius 3 is 2.56 bits per heavy atom. The van der Waals surface area contributed by atoms with Gasteiger partial charge in [-0.05, 0) is 13.0 Å². The molecule has 0 N–H and O–H groups in total. The van der Waals surface area contributed by atoms with E-state index in [9.17, 15) is 23.3 Å². The second kappa shape index (κ2) is 8.13. The first kappa shape index (κ1) is 21.0. The van der Waals surface area contributed by atoms with E-state index in [0.717, 1.165) is 17.7 Å². The van der Waals surface area contributed by atoms with Crippen LogP contribution in [0.25, 0.3) is 22.7 Å². The second-order valence-electron chi connectivity index (χ2n) is 6.55. The molecule has 0 bridgehead atoms. The normalized spacial score (nSPS) is 11.5. The highest BCUT2D eigenvalue weighted by Gasteiger charge is 2.36. The SMILES string of the molecule is Cc1onc(-c2ccccc2)c1-c1nnc(COc2ccc([N+](=O)[O-])cc2C(F)(F)F)o1. The third kappa shape index (κ3) is 4.15. The summed E-state index contributed by atoms with van der Waals surface area (Å²) in [6.45, 7) is 1.17. The van der Waals surface area contributed by atoms with E-state index < -0.39 is 34.7 Å². The molecule has 0 saturated heterocycles. The molecule has 0 aliphatic carbocycles. The van der Waals surface area contributed by atoms with E-state index in [1.54, 1.807) is 6.92 Å². The minimum absolute atomic E-state index is 0.0564. The monoisotopic (exact) mass is 446 g/mol. The molecular formula is C20H13F3N4O5. The van der Waals surface area contributed by atoms with Crippen molar-refractivity contribution in [1.29, 1.82) is 0 Å². The Hall–Kier alpha value is -4.22. The standard InChI is InChI=1S/C20H13F3N4O5/c1-11-17(18(26-32-11)12-5-3-2-4-6-12)19-25-24-16(31-19)10-30-15-8-7-13(27(28)29)9-14(15)20(21,22)23/h2-9H,10H2,1H3. The Morgan fingerprint density at radius 1 is 1.12 bits per heavy atom. The molecule has 4 aromatic rings. The molecule has 164 valence electrons. The summed E-state index contributed by atoms with van der Waals surface area (Å²) < 4.78 is 55.8. The van der Waals surface area contributed by atoms with E-state index in [-0.39, 0.29) is 11.8 Å². The summed E-state index contributed by atoms with van der Waals surface area (Å²) in [7, 11) is 0. The van der Waals surface area contributed by atoms with Gasteiger partial charge >= 0.3 is 6.18 Å². The molecule has 2 aromatic heterocycles. The number of hydrogen-bond acceptors (Lipinski definition) is 8. The average molecular weight is 446 g/mol. The fourth-order valence-electron chi connectivity index (χ4n) is 2.95. The molecule has 0 spiro atoms. The Bertz CT molecular complexity index is 1270. The fourth-order valence-corrected chi connectivity index (χ4v) is 2.95. The van der Waals surface area contributed by atoms with Crippen LogP contribution in [-0.4, -0.2) is 20.3 Å². The molecule has 0 unspecified atom stereocenters. The third-order valence-electron chi connectivity index (χ3n) is 4.42. The van der Waals surface area contributed by atoms with Crippen LogP contribution in [0.15, 0.2) is 57.5 Å². The number of aromatic nitrogens is 3. The lowest BCUT2D eigenvalue weighted by atomic mass is 10.1. The van der Waals surface area contributed by atoms with Gasteiger partial charge in [0.25, 0.3) is 17.5 Å². The summed E-state index contributed by atoms with van der Waals surface area (Å²) in [5, 5.41) is 22.5. The van der Waals surface area contributed by atoms with E-state index in [1.807, 2.05) is 30.3 Å². The third-order valence-corrected chi connectivity index (χ3v) is 4.42. The van der Waals surface area contributed by atoms with Crippen LogP contribution in [0.5, 0.6) is 5.75 Å². The van der Waals surface area contributed by atoms with E-state index in [1.165, 1.54) is 0 Å². The van der Waals surface area contributed by atoms with Crippen molar-refractivity contribution in [2.24, 2.45) is 0 Å². The number of non-ortho nitro benzene ring substituents is 1. The molecule has 2 aromatic carbocycles. The van der Waals surface area contributed by atoms with Crippen molar-refractivity contribution in [1.82, 2.24) is 15.4 Å². The number of aryl methyl sites for hydroxylation is 1. The average Bonchev–Trinajstić information content (AvgIpc) is 3.38. The number of benzene rings is 2. The molecule has 4 rings (SSSR count). The van der Waals surface area contributed by atoms with Gasteiger partial charge in [-0.2, -0.15) is 13.2 Å². The number of rotatable bonds is 6. The maximum absolute atomic E-state index is 13.3. The van der Waals surface area contributed by atoms with Crippen molar-refractivity contribution in [2.75, 3.05) is 0 Å². The van der Waals surface area contributed by atoms with Crippen molar-refractivity contribution < 1.29 is 31.8 Å². The molecule has 32 heavy (non-hydrogen) atoms. The number of halogens is 3. The summed E-state index contributed by atoms with van der Waals surface area (Å²) >= 11 is 0. The Morgan fingerprint density at radius 2 is 1.88 bits per heavy atom. The number of ether oxygens (including phenoxy) is 1. The lowest BCUT2D eigenvalue weighted by Crippen LogP contribution is -2.09. The molecule has 12 heteroatoms. The van der Waals surface area contributed by atoms with Crippen LogP contribution in [0.1, 0.15) is 17.2 Å². The van der Waals surface area contributed by atoms with Crippen LogP contribution in [0.4, 0.5) is 18.9 Å². The molecule has 0 saturated carbocycles. The zero-order chi connectivity index (χ0) is 22.9. The van der Waals surface area contributed by atoms with Crippen LogP contribution in [0.3, 0.4) is 0 Å². The molecule has 2 heterocycles. The zero-order valence-corrected chi connectivity index (χ0v) is 16.3. The summed E-state index contributed by atoms with van der Waals surface area (Å²) in [4.78, 5) is 9.87. The van der Waals surface area contributed by atoms with Gasteiger partial charge < -0.3 is 13.7 Å². The lowest BCUT2D eigenvalue weighted by molar-refractivity contribution is -0.385.